The molecule has 0 radical (unpaired) electrons. The molecule has 11 heteroatoms. The Morgan fingerprint density at radius 2 is 2.13 bits per heavy atom. The molecule has 0 aliphatic carbocycles. The van der Waals surface area contributed by atoms with Gasteiger partial charge >= 0.3 is 6.18 Å². The number of halogens is 4. The average Bonchev–Trinajstić information content (AvgIpc) is 3.25. The fraction of sp³-hybridized carbons (Fsp3) is 0.684. The van der Waals surface area contributed by atoms with Crippen LogP contribution in [0.1, 0.15) is 25.3 Å². The molecule has 2 saturated heterocycles. The van der Waals surface area contributed by atoms with E-state index in [9.17, 15) is 13.2 Å². The molecular formula is C19H28F3IN4O3. The standard InChI is InChI=1S/C19H27F3N4O3.HI/c1-2-23-18(26-9-12-28-16(13-26)15-6-4-10-27-15)25-8-11-29-17-14(19(20,21)22)5-3-7-24-17;/h3,5,7,15-16H,2,4,6,8-13H2,1H3,(H,23,25);1H. The summed E-state index contributed by atoms with van der Waals surface area (Å²) in [4.78, 5) is 10.3. The van der Waals surface area contributed by atoms with Crippen molar-refractivity contribution < 1.29 is 27.4 Å². The summed E-state index contributed by atoms with van der Waals surface area (Å²) in [5.41, 5.74) is -0.886. The van der Waals surface area contributed by atoms with Gasteiger partial charge in [-0.2, -0.15) is 13.2 Å². The number of alkyl halides is 3. The van der Waals surface area contributed by atoms with Crippen molar-refractivity contribution in [2.75, 3.05) is 46.0 Å². The van der Waals surface area contributed by atoms with Crippen molar-refractivity contribution in [2.45, 2.75) is 38.1 Å². The second-order valence-corrected chi connectivity index (χ2v) is 6.84. The molecular weight excluding hydrogens is 516 g/mol. The van der Waals surface area contributed by atoms with Crippen LogP contribution in [-0.4, -0.2) is 74.1 Å². The molecule has 0 spiro atoms. The summed E-state index contributed by atoms with van der Waals surface area (Å²) < 4.78 is 55.9. The number of aliphatic imine (C=N–C) groups is 1. The summed E-state index contributed by atoms with van der Waals surface area (Å²) in [6, 6.07) is 2.19. The fourth-order valence-corrected chi connectivity index (χ4v) is 3.43. The number of guanidine groups is 1. The number of nitrogens with zero attached hydrogens (tertiary/aromatic N) is 3. The van der Waals surface area contributed by atoms with Gasteiger partial charge in [-0.25, -0.2) is 9.98 Å². The first-order chi connectivity index (χ1) is 14.0. The maximum atomic E-state index is 13.0. The lowest BCUT2D eigenvalue weighted by molar-refractivity contribution is -0.139. The highest BCUT2D eigenvalue weighted by molar-refractivity contribution is 14.0. The van der Waals surface area contributed by atoms with E-state index in [-0.39, 0.29) is 49.3 Å². The van der Waals surface area contributed by atoms with E-state index in [1.807, 2.05) is 6.92 Å². The Balaban J connectivity index is 0.00000320. The van der Waals surface area contributed by atoms with Gasteiger partial charge in [0.1, 0.15) is 18.3 Å². The molecule has 0 amide bonds. The zero-order valence-electron chi connectivity index (χ0n) is 16.9. The number of rotatable bonds is 6. The first-order valence-corrected chi connectivity index (χ1v) is 9.90. The van der Waals surface area contributed by atoms with Crippen molar-refractivity contribution in [3.63, 3.8) is 0 Å². The van der Waals surface area contributed by atoms with Crippen LogP contribution < -0.4 is 10.1 Å². The lowest BCUT2D eigenvalue weighted by atomic mass is 10.1. The maximum absolute atomic E-state index is 13.0. The predicted molar refractivity (Wildman–Crippen MR) is 116 cm³/mol. The monoisotopic (exact) mass is 544 g/mol. The van der Waals surface area contributed by atoms with Crippen LogP contribution in [0.15, 0.2) is 23.3 Å². The third-order valence-corrected chi connectivity index (χ3v) is 4.78. The van der Waals surface area contributed by atoms with Gasteiger partial charge in [-0.1, -0.05) is 0 Å². The Morgan fingerprint density at radius 1 is 1.33 bits per heavy atom. The number of hydrogen-bond acceptors (Lipinski definition) is 5. The number of morpholine rings is 1. The van der Waals surface area contributed by atoms with Crippen molar-refractivity contribution in [3.8, 4) is 5.88 Å². The highest BCUT2D eigenvalue weighted by Crippen LogP contribution is 2.34. The lowest BCUT2D eigenvalue weighted by Gasteiger charge is -2.37. The van der Waals surface area contributed by atoms with Crippen LogP contribution in [0, 0.1) is 0 Å². The van der Waals surface area contributed by atoms with E-state index in [4.69, 9.17) is 14.2 Å². The SMILES string of the molecule is CCNC(=NCCOc1ncccc1C(F)(F)F)N1CCOC(C2CCCO2)C1.I. The second kappa shape index (κ2) is 11.9. The Morgan fingerprint density at radius 3 is 2.83 bits per heavy atom. The molecule has 3 rings (SSSR count). The van der Waals surface area contributed by atoms with Gasteiger partial charge in [0.05, 0.1) is 19.3 Å². The number of hydrogen-bond donors (Lipinski definition) is 1. The van der Waals surface area contributed by atoms with Crippen molar-refractivity contribution in [2.24, 2.45) is 4.99 Å². The van der Waals surface area contributed by atoms with Gasteiger partial charge in [0, 0.05) is 32.4 Å². The molecule has 2 fully saturated rings. The smallest absolute Gasteiger partial charge is 0.421 e. The molecule has 1 aromatic rings. The first kappa shape index (κ1) is 24.9. The van der Waals surface area contributed by atoms with E-state index in [0.717, 1.165) is 25.5 Å². The predicted octanol–water partition coefficient (Wildman–Crippen LogP) is 2.94. The minimum Gasteiger partial charge on any atom is -0.475 e. The molecule has 1 N–H and O–H groups in total. The molecule has 2 aliphatic heterocycles. The lowest BCUT2D eigenvalue weighted by Crippen LogP contribution is -2.53. The van der Waals surface area contributed by atoms with Crippen LogP contribution in [0.25, 0.3) is 0 Å². The third kappa shape index (κ3) is 6.84. The Kier molecular flexibility index (Phi) is 9.88. The van der Waals surface area contributed by atoms with Gasteiger partial charge in [-0.3, -0.25) is 0 Å². The minimum absolute atomic E-state index is 0. The summed E-state index contributed by atoms with van der Waals surface area (Å²) in [6.45, 7) is 5.54. The first-order valence-electron chi connectivity index (χ1n) is 9.90. The molecule has 2 unspecified atom stereocenters. The summed E-state index contributed by atoms with van der Waals surface area (Å²) in [5, 5.41) is 3.23. The largest absolute Gasteiger partial charge is 0.475 e. The molecule has 30 heavy (non-hydrogen) atoms. The fourth-order valence-electron chi connectivity index (χ4n) is 3.43. The molecule has 2 aliphatic rings. The number of aromatic nitrogens is 1. The molecule has 170 valence electrons. The van der Waals surface area contributed by atoms with Crippen LogP contribution >= 0.6 is 24.0 Å². The molecule has 0 bridgehead atoms. The quantitative estimate of drug-likeness (QED) is 0.257. The molecule has 0 aromatic carbocycles. The van der Waals surface area contributed by atoms with Crippen LogP contribution in [0.5, 0.6) is 5.88 Å². The van der Waals surface area contributed by atoms with E-state index in [0.29, 0.717) is 32.2 Å². The molecule has 0 saturated carbocycles. The van der Waals surface area contributed by atoms with Crippen molar-refractivity contribution in [1.29, 1.82) is 0 Å². The van der Waals surface area contributed by atoms with Gasteiger partial charge in [0.25, 0.3) is 0 Å². The zero-order chi connectivity index (χ0) is 20.7. The summed E-state index contributed by atoms with van der Waals surface area (Å²) in [6.07, 6.45) is -1.10. The van der Waals surface area contributed by atoms with E-state index >= 15 is 0 Å². The molecule has 7 nitrogen and oxygen atoms in total. The average molecular weight is 544 g/mol. The number of ether oxygens (including phenoxy) is 3. The van der Waals surface area contributed by atoms with Crippen molar-refractivity contribution in [3.05, 3.63) is 23.9 Å². The van der Waals surface area contributed by atoms with Gasteiger partial charge in [0.2, 0.25) is 5.88 Å². The van der Waals surface area contributed by atoms with E-state index < -0.39 is 17.6 Å². The van der Waals surface area contributed by atoms with E-state index in [2.05, 4.69) is 20.2 Å². The van der Waals surface area contributed by atoms with Gasteiger partial charge < -0.3 is 24.4 Å². The molecule has 3 heterocycles. The molecule has 1 aromatic heterocycles. The maximum Gasteiger partial charge on any atom is 0.421 e. The number of pyridine rings is 1. The highest BCUT2D eigenvalue weighted by Gasteiger charge is 2.35. The van der Waals surface area contributed by atoms with Crippen LogP contribution in [0.3, 0.4) is 0 Å². The van der Waals surface area contributed by atoms with Crippen LogP contribution in [-0.2, 0) is 15.7 Å². The summed E-state index contributed by atoms with van der Waals surface area (Å²) in [7, 11) is 0. The van der Waals surface area contributed by atoms with E-state index in [1.165, 1.54) is 12.3 Å². The highest BCUT2D eigenvalue weighted by atomic mass is 127. The van der Waals surface area contributed by atoms with Gasteiger partial charge in [-0.05, 0) is 31.9 Å². The van der Waals surface area contributed by atoms with Crippen molar-refractivity contribution in [1.82, 2.24) is 15.2 Å². The van der Waals surface area contributed by atoms with Crippen LogP contribution in [0.4, 0.5) is 13.2 Å². The Labute approximate surface area is 191 Å². The molecule has 2 atom stereocenters. The van der Waals surface area contributed by atoms with E-state index in [1.54, 1.807) is 0 Å². The minimum atomic E-state index is -4.51. The van der Waals surface area contributed by atoms with Gasteiger partial charge in [0.15, 0.2) is 5.96 Å². The summed E-state index contributed by atoms with van der Waals surface area (Å²) >= 11 is 0. The van der Waals surface area contributed by atoms with Crippen molar-refractivity contribution >= 4 is 29.9 Å². The van der Waals surface area contributed by atoms with Gasteiger partial charge in [-0.15, -0.1) is 24.0 Å². The third-order valence-electron chi connectivity index (χ3n) is 4.78. The number of nitrogens with one attached hydrogen (secondary N) is 1. The summed E-state index contributed by atoms with van der Waals surface area (Å²) in [5.74, 6) is 0.268. The second-order valence-electron chi connectivity index (χ2n) is 6.84. The topological polar surface area (TPSA) is 68.2 Å². The zero-order valence-corrected chi connectivity index (χ0v) is 19.2. The normalized spacial score (nSPS) is 22.5. The Hall–Kier alpha value is -1.34. The van der Waals surface area contributed by atoms with Crippen LogP contribution in [0.2, 0.25) is 0 Å². The Bertz CT molecular complexity index is 687.